The van der Waals surface area contributed by atoms with Gasteiger partial charge in [-0.3, -0.25) is 0 Å². The largest absolute Gasteiger partial charge is 0.213 e. The van der Waals surface area contributed by atoms with Crippen LogP contribution in [0.15, 0.2) is 0 Å². The van der Waals surface area contributed by atoms with Crippen LogP contribution in [0.4, 0.5) is 14.3 Å². The highest BCUT2D eigenvalue weighted by Crippen LogP contribution is 2.77. The fraction of sp³-hybridized carbons (Fsp3) is 1.00. The first kappa shape index (κ1) is 18.3. The molecule has 0 aromatic rings. The lowest BCUT2D eigenvalue weighted by Crippen LogP contribution is -2.33. The summed E-state index contributed by atoms with van der Waals surface area (Å²) in [7, 11) is 0. The van der Waals surface area contributed by atoms with Crippen molar-refractivity contribution < 1.29 is 14.3 Å². The molecule has 0 aromatic heterocycles. The minimum atomic E-state index is -2.24. The Balaban J connectivity index is 5.13. The molecule has 0 amide bonds. The maximum atomic E-state index is 13.0. The molecule has 0 saturated heterocycles. The van der Waals surface area contributed by atoms with Gasteiger partial charge in [0.2, 0.25) is -0.565 Å². The minimum absolute atomic E-state index is 0.123. The van der Waals surface area contributed by atoms with Crippen molar-refractivity contribution in [1.82, 2.24) is 0 Å². The molecule has 0 heterocycles. The average Bonchev–Trinajstić information content (AvgIpc) is 2.30. The molecule has 97 valence electrons. The van der Waals surface area contributed by atoms with Gasteiger partial charge in [0, 0.05) is 0 Å². The van der Waals surface area contributed by atoms with Crippen LogP contribution in [0.1, 0.15) is 19.8 Å². The summed E-state index contributed by atoms with van der Waals surface area (Å²) in [4.78, 5) is 0. The van der Waals surface area contributed by atoms with E-state index in [4.69, 9.17) is 0 Å². The topological polar surface area (TPSA) is 0 Å². The Labute approximate surface area is 141 Å². The van der Waals surface area contributed by atoms with Gasteiger partial charge in [0.1, 0.15) is 65.3 Å². The van der Waals surface area contributed by atoms with Gasteiger partial charge in [-0.05, 0) is 6.42 Å². The van der Waals surface area contributed by atoms with Crippen LogP contribution >= 0.6 is 109 Å². The van der Waals surface area contributed by atoms with Crippen molar-refractivity contribution in [3.63, 3.8) is 0 Å². The summed E-state index contributed by atoms with van der Waals surface area (Å²) < 4.78 is 61.5. The molecule has 0 spiro atoms. The van der Waals surface area contributed by atoms with Crippen LogP contribution < -0.4 is 0 Å². The molecule has 0 N–H and O–H groups in total. The van der Waals surface area contributed by atoms with E-state index in [0.29, 0.717) is 6.42 Å². The molecule has 0 aliphatic carbocycles. The molecule has 5 radical (unpaired) electrons. The number of halogens is 10. The second-order valence-electron chi connectivity index (χ2n) is 2.31. The lowest BCUT2D eigenvalue weighted by molar-refractivity contribution is 0.774. The lowest BCUT2D eigenvalue weighted by atomic mass is 10.3. The fourth-order valence-electron chi connectivity index (χ4n) is 0.806. The molecule has 15 heavy (non-hydrogen) atoms. The molecule has 0 unspecified atom stereocenters. The second-order valence-corrected chi connectivity index (χ2v) is 21.1. The summed E-state index contributed by atoms with van der Waals surface area (Å²) >= 11 is -11.0. The Morgan fingerprint density at radius 1 is 0.800 bits per heavy atom. The van der Waals surface area contributed by atoms with Crippen molar-refractivity contribution in [1.29, 1.82) is 0 Å². The molecule has 0 nitrogen and oxygen atoms in total. The lowest BCUT2D eigenvalue weighted by Gasteiger charge is -2.35. The molecule has 0 saturated carbocycles. The first-order valence-corrected chi connectivity index (χ1v) is 12.9. The van der Waals surface area contributed by atoms with Gasteiger partial charge in [-0.1, -0.05) is 13.3 Å². The molecular weight excluding hydrogens is 790 g/mol. The SMILES string of the molecule is CCCC([I]F)([I]F)C([I]F)([I]F)[I]F. The van der Waals surface area contributed by atoms with Crippen molar-refractivity contribution in [3.8, 4) is 0 Å². The maximum Gasteiger partial charge on any atom is 0.213 e. The van der Waals surface area contributed by atoms with Gasteiger partial charge in [-0.15, -0.1) is 0 Å². The molecule has 10 heteroatoms. The Hall–Kier alpha value is 3.30. The molecule has 0 aliphatic heterocycles. The van der Waals surface area contributed by atoms with Gasteiger partial charge in [0.15, 0.2) is 1.43 Å². The Bertz CT molecular complexity index is 165. The first-order chi connectivity index (χ1) is 7.11. The summed E-state index contributed by atoms with van der Waals surface area (Å²) in [6, 6.07) is 0. The number of hydrogen-bond donors (Lipinski definition) is 0. The zero-order chi connectivity index (χ0) is 11.9. The number of rotatable bonds is 8. The van der Waals surface area contributed by atoms with Crippen molar-refractivity contribution in [2.24, 2.45) is 0 Å². The van der Waals surface area contributed by atoms with E-state index < -0.39 is 110 Å². The van der Waals surface area contributed by atoms with E-state index in [2.05, 4.69) is 0 Å². The highest BCUT2D eigenvalue weighted by molar-refractivity contribution is 14.4. The van der Waals surface area contributed by atoms with Crippen molar-refractivity contribution >= 4 is 109 Å². The maximum absolute atomic E-state index is 13.0. The van der Waals surface area contributed by atoms with Gasteiger partial charge >= 0.3 is 0 Å². The third kappa shape index (κ3) is 4.13. The van der Waals surface area contributed by atoms with E-state index in [0.717, 1.165) is 0 Å². The Morgan fingerprint density at radius 2 is 1.20 bits per heavy atom. The van der Waals surface area contributed by atoms with Crippen molar-refractivity contribution in [2.75, 3.05) is 0 Å². The predicted octanol–water partition coefficient (Wildman–Crippen LogP) is 7.41. The van der Waals surface area contributed by atoms with Crippen LogP contribution in [0.25, 0.3) is 0 Å². The molecular formula is C5H7F5I5. The van der Waals surface area contributed by atoms with Crippen LogP contribution in [0.2, 0.25) is 0 Å². The quantitative estimate of drug-likeness (QED) is 0.137. The predicted molar refractivity (Wildman–Crippen MR) is 96.0 cm³/mol. The van der Waals surface area contributed by atoms with Gasteiger partial charge in [0.25, 0.3) is 0 Å². The van der Waals surface area contributed by atoms with E-state index in [-0.39, 0.29) is 6.42 Å². The van der Waals surface area contributed by atoms with Gasteiger partial charge < -0.3 is 0 Å². The average molecular weight is 797 g/mol. The Morgan fingerprint density at radius 3 is 1.40 bits per heavy atom. The smallest absolute Gasteiger partial charge is 0.183 e. The summed E-state index contributed by atoms with van der Waals surface area (Å²) in [5.74, 6) is 0. The summed E-state index contributed by atoms with van der Waals surface area (Å²) in [6.45, 7) is 1.71. The van der Waals surface area contributed by atoms with E-state index in [1.165, 1.54) is 0 Å². The molecule has 0 bridgehead atoms. The molecule has 0 aromatic carbocycles. The van der Waals surface area contributed by atoms with Crippen LogP contribution in [-0.2, 0) is 0 Å². The third-order valence-corrected chi connectivity index (χ3v) is 24.2. The van der Waals surface area contributed by atoms with Crippen LogP contribution in [-0.4, -0.2) is 0.864 Å². The van der Waals surface area contributed by atoms with Crippen LogP contribution in [0, 0.1) is 0 Å². The highest BCUT2D eigenvalue weighted by atomic mass is 127. The van der Waals surface area contributed by atoms with Crippen LogP contribution in [0.5, 0.6) is 0 Å². The fourth-order valence-corrected chi connectivity index (χ4v) is 12.5. The molecule has 0 atom stereocenters. The zero-order valence-electron chi connectivity index (χ0n) is 7.19. The summed E-state index contributed by atoms with van der Waals surface area (Å²) in [5.41, 5.74) is 0. The van der Waals surface area contributed by atoms with Crippen LogP contribution in [0.3, 0.4) is 0 Å². The van der Waals surface area contributed by atoms with Gasteiger partial charge in [0.05, 0.1) is 43.6 Å². The van der Waals surface area contributed by atoms with Gasteiger partial charge in [-0.2, -0.15) is 14.3 Å². The molecule has 0 rings (SSSR count). The van der Waals surface area contributed by atoms with E-state index in [9.17, 15) is 14.3 Å². The number of hydrogen-bond acceptors (Lipinski definition) is 0. The summed E-state index contributed by atoms with van der Waals surface area (Å²) in [5, 5.41) is 0. The standard InChI is InChI=1S/C5H7F5I5/c1-2-3-4(11-6,12-7)5(13-8,14-9)15-10/h2-3H2,1H3. The van der Waals surface area contributed by atoms with Crippen molar-refractivity contribution in [3.05, 3.63) is 0 Å². The van der Waals surface area contributed by atoms with Crippen molar-refractivity contribution in [2.45, 2.75) is 20.6 Å². The van der Waals surface area contributed by atoms with E-state index >= 15 is 0 Å². The zero-order valence-corrected chi connectivity index (χ0v) is 18.0. The van der Waals surface area contributed by atoms with Gasteiger partial charge in [-0.25, -0.2) is 0 Å². The molecule has 0 aliphatic rings. The summed E-state index contributed by atoms with van der Waals surface area (Å²) in [6.07, 6.45) is 0.587. The highest BCUT2D eigenvalue weighted by Gasteiger charge is 2.60. The Kier molecular flexibility index (Phi) is 11.3. The van der Waals surface area contributed by atoms with E-state index in [1.54, 1.807) is 6.92 Å². The monoisotopic (exact) mass is 797 g/mol. The first-order valence-electron chi connectivity index (χ1n) is 3.47. The second kappa shape index (κ2) is 9.24. The number of alkyl halides is 5. The normalized spacial score (nSPS) is 13.2. The molecule has 0 fully saturated rings. The van der Waals surface area contributed by atoms with E-state index in [1.807, 2.05) is 0 Å². The minimum Gasteiger partial charge on any atom is -0.183 e. The third-order valence-electron chi connectivity index (χ3n) is 1.47.